The SMILES string of the molecule is Cc1ccc(NC(=O)NCCCCCC(=O)O)cn1. The van der Waals surface area contributed by atoms with Gasteiger partial charge in [-0.05, 0) is 31.9 Å². The zero-order chi connectivity index (χ0) is 14.1. The number of carboxylic acids is 1. The highest BCUT2D eigenvalue weighted by atomic mass is 16.4. The Morgan fingerprint density at radius 1 is 1.26 bits per heavy atom. The van der Waals surface area contributed by atoms with Crippen LogP contribution in [0.3, 0.4) is 0 Å². The molecule has 0 radical (unpaired) electrons. The molecular weight excluding hydrogens is 246 g/mol. The van der Waals surface area contributed by atoms with Crippen LogP contribution in [0, 0.1) is 6.92 Å². The molecule has 0 saturated heterocycles. The van der Waals surface area contributed by atoms with Gasteiger partial charge in [0.2, 0.25) is 0 Å². The fraction of sp³-hybridized carbons (Fsp3) is 0.462. The molecule has 0 spiro atoms. The van der Waals surface area contributed by atoms with Gasteiger partial charge in [0.25, 0.3) is 0 Å². The van der Waals surface area contributed by atoms with Crippen molar-refractivity contribution in [3.8, 4) is 0 Å². The van der Waals surface area contributed by atoms with Crippen molar-refractivity contribution in [3.05, 3.63) is 24.0 Å². The lowest BCUT2D eigenvalue weighted by Crippen LogP contribution is -2.29. The van der Waals surface area contributed by atoms with Gasteiger partial charge in [-0.3, -0.25) is 9.78 Å². The van der Waals surface area contributed by atoms with E-state index in [-0.39, 0.29) is 12.5 Å². The van der Waals surface area contributed by atoms with Crippen LogP contribution in [0.25, 0.3) is 0 Å². The molecule has 104 valence electrons. The van der Waals surface area contributed by atoms with E-state index in [2.05, 4.69) is 15.6 Å². The lowest BCUT2D eigenvalue weighted by Gasteiger charge is -2.07. The Kier molecular flexibility index (Phi) is 6.35. The van der Waals surface area contributed by atoms with Gasteiger partial charge >= 0.3 is 12.0 Å². The second-order valence-electron chi connectivity index (χ2n) is 4.27. The van der Waals surface area contributed by atoms with E-state index in [1.165, 1.54) is 0 Å². The molecule has 0 bridgehead atoms. The number of unbranched alkanes of at least 4 members (excludes halogenated alkanes) is 2. The van der Waals surface area contributed by atoms with E-state index in [0.29, 0.717) is 18.7 Å². The normalized spacial score (nSPS) is 9.95. The molecule has 1 aromatic heterocycles. The number of amides is 2. The fourth-order valence-electron chi connectivity index (χ4n) is 1.50. The van der Waals surface area contributed by atoms with Gasteiger partial charge in [0, 0.05) is 18.7 Å². The maximum Gasteiger partial charge on any atom is 0.319 e. The summed E-state index contributed by atoms with van der Waals surface area (Å²) in [6, 6.07) is 3.33. The lowest BCUT2D eigenvalue weighted by molar-refractivity contribution is -0.137. The maximum absolute atomic E-state index is 11.5. The molecule has 0 aromatic carbocycles. The minimum Gasteiger partial charge on any atom is -0.481 e. The average molecular weight is 265 g/mol. The number of pyridine rings is 1. The van der Waals surface area contributed by atoms with E-state index in [4.69, 9.17) is 5.11 Å². The van der Waals surface area contributed by atoms with Crippen LogP contribution in [0.2, 0.25) is 0 Å². The minimum absolute atomic E-state index is 0.182. The standard InChI is InChI=1S/C13H19N3O3/c1-10-6-7-11(9-15-10)16-13(19)14-8-4-2-3-5-12(17)18/h6-7,9H,2-5,8H2,1H3,(H,17,18)(H2,14,16,19). The highest BCUT2D eigenvalue weighted by Crippen LogP contribution is 2.05. The van der Waals surface area contributed by atoms with Gasteiger partial charge in [-0.2, -0.15) is 0 Å². The monoisotopic (exact) mass is 265 g/mol. The Balaban J connectivity index is 2.11. The van der Waals surface area contributed by atoms with Crippen molar-refractivity contribution >= 4 is 17.7 Å². The molecule has 0 aliphatic carbocycles. The number of aryl methyl sites for hydroxylation is 1. The lowest BCUT2D eigenvalue weighted by atomic mass is 10.2. The summed E-state index contributed by atoms with van der Waals surface area (Å²) in [7, 11) is 0. The smallest absolute Gasteiger partial charge is 0.319 e. The van der Waals surface area contributed by atoms with Crippen LogP contribution in [0.4, 0.5) is 10.5 Å². The molecule has 1 aromatic rings. The number of urea groups is 1. The van der Waals surface area contributed by atoms with Gasteiger partial charge in [0.05, 0.1) is 11.9 Å². The summed E-state index contributed by atoms with van der Waals surface area (Å²) in [5.74, 6) is -0.780. The van der Waals surface area contributed by atoms with Crippen molar-refractivity contribution < 1.29 is 14.7 Å². The molecule has 0 saturated carbocycles. The number of nitrogens with one attached hydrogen (secondary N) is 2. The largest absolute Gasteiger partial charge is 0.481 e. The fourth-order valence-corrected chi connectivity index (χ4v) is 1.50. The topological polar surface area (TPSA) is 91.3 Å². The van der Waals surface area contributed by atoms with Crippen LogP contribution < -0.4 is 10.6 Å². The molecular formula is C13H19N3O3. The third-order valence-electron chi connectivity index (χ3n) is 2.52. The molecule has 6 heteroatoms. The molecule has 0 unspecified atom stereocenters. The zero-order valence-electron chi connectivity index (χ0n) is 11.0. The van der Waals surface area contributed by atoms with Crippen molar-refractivity contribution in [2.24, 2.45) is 0 Å². The third-order valence-corrected chi connectivity index (χ3v) is 2.52. The molecule has 0 aliphatic rings. The number of nitrogens with zero attached hydrogens (tertiary/aromatic N) is 1. The molecule has 0 aliphatic heterocycles. The van der Waals surface area contributed by atoms with Gasteiger partial charge in [0.1, 0.15) is 0 Å². The quantitative estimate of drug-likeness (QED) is 0.659. The van der Waals surface area contributed by atoms with Crippen LogP contribution in [-0.2, 0) is 4.79 Å². The van der Waals surface area contributed by atoms with Crippen LogP contribution in [-0.4, -0.2) is 28.6 Å². The second-order valence-corrected chi connectivity index (χ2v) is 4.27. The van der Waals surface area contributed by atoms with E-state index in [0.717, 1.165) is 18.5 Å². The van der Waals surface area contributed by atoms with E-state index in [1.54, 1.807) is 12.3 Å². The average Bonchev–Trinajstić information content (AvgIpc) is 2.36. The first-order valence-corrected chi connectivity index (χ1v) is 6.27. The van der Waals surface area contributed by atoms with Crippen molar-refractivity contribution in [1.82, 2.24) is 10.3 Å². The highest BCUT2D eigenvalue weighted by molar-refractivity contribution is 5.88. The van der Waals surface area contributed by atoms with Gasteiger partial charge in [-0.15, -0.1) is 0 Å². The number of carbonyl (C=O) groups is 2. The van der Waals surface area contributed by atoms with Crippen LogP contribution in [0.15, 0.2) is 18.3 Å². The van der Waals surface area contributed by atoms with Gasteiger partial charge < -0.3 is 15.7 Å². The first kappa shape index (κ1) is 14.9. The molecule has 0 fully saturated rings. The number of rotatable bonds is 7. The number of hydrogen-bond donors (Lipinski definition) is 3. The summed E-state index contributed by atoms with van der Waals surface area (Å²) >= 11 is 0. The summed E-state index contributed by atoms with van der Waals surface area (Å²) in [5.41, 5.74) is 1.54. The predicted octanol–water partition coefficient (Wildman–Crippen LogP) is 2.16. The van der Waals surface area contributed by atoms with Crippen molar-refractivity contribution in [1.29, 1.82) is 0 Å². The van der Waals surface area contributed by atoms with Crippen LogP contribution in [0.5, 0.6) is 0 Å². The van der Waals surface area contributed by atoms with Gasteiger partial charge in [-0.1, -0.05) is 6.42 Å². The Hall–Kier alpha value is -2.11. The van der Waals surface area contributed by atoms with E-state index < -0.39 is 5.97 Å². The molecule has 2 amide bonds. The summed E-state index contributed by atoms with van der Waals surface area (Å²) in [4.78, 5) is 25.8. The molecule has 1 rings (SSSR count). The van der Waals surface area contributed by atoms with Crippen molar-refractivity contribution in [2.75, 3.05) is 11.9 Å². The number of anilines is 1. The second kappa shape index (κ2) is 8.07. The third kappa shape index (κ3) is 7.03. The molecule has 6 nitrogen and oxygen atoms in total. The van der Waals surface area contributed by atoms with Crippen LogP contribution in [0.1, 0.15) is 31.4 Å². The summed E-state index contributed by atoms with van der Waals surface area (Å²) < 4.78 is 0. The molecule has 19 heavy (non-hydrogen) atoms. The Morgan fingerprint density at radius 3 is 2.68 bits per heavy atom. The molecule has 1 heterocycles. The summed E-state index contributed by atoms with van der Waals surface area (Å²) in [6.45, 7) is 2.41. The maximum atomic E-state index is 11.5. The van der Waals surface area contributed by atoms with E-state index >= 15 is 0 Å². The number of aliphatic carboxylic acids is 1. The number of carboxylic acid groups (broad SMARTS) is 1. The first-order chi connectivity index (χ1) is 9.08. The van der Waals surface area contributed by atoms with Crippen LogP contribution >= 0.6 is 0 Å². The van der Waals surface area contributed by atoms with Crippen molar-refractivity contribution in [3.63, 3.8) is 0 Å². The Morgan fingerprint density at radius 2 is 2.05 bits per heavy atom. The Bertz CT molecular complexity index is 418. The summed E-state index contributed by atoms with van der Waals surface area (Å²) in [6.07, 6.45) is 3.98. The summed E-state index contributed by atoms with van der Waals surface area (Å²) in [5, 5.41) is 13.8. The highest BCUT2D eigenvalue weighted by Gasteiger charge is 2.01. The predicted molar refractivity (Wildman–Crippen MR) is 72.1 cm³/mol. The number of carbonyl (C=O) groups excluding carboxylic acids is 1. The molecule has 3 N–H and O–H groups in total. The minimum atomic E-state index is -0.780. The van der Waals surface area contributed by atoms with Crippen molar-refractivity contribution in [2.45, 2.75) is 32.6 Å². The van der Waals surface area contributed by atoms with E-state index in [1.807, 2.05) is 13.0 Å². The first-order valence-electron chi connectivity index (χ1n) is 6.27. The molecule has 0 atom stereocenters. The van der Waals surface area contributed by atoms with Gasteiger partial charge in [-0.25, -0.2) is 4.79 Å². The van der Waals surface area contributed by atoms with E-state index in [9.17, 15) is 9.59 Å². The number of hydrogen-bond acceptors (Lipinski definition) is 3. The zero-order valence-corrected chi connectivity index (χ0v) is 11.0. The number of aromatic nitrogens is 1. The van der Waals surface area contributed by atoms with Gasteiger partial charge in [0.15, 0.2) is 0 Å². The Labute approximate surface area is 112 Å².